The third-order valence-corrected chi connectivity index (χ3v) is 5.71. The van der Waals surface area contributed by atoms with Crippen LogP contribution in [-0.2, 0) is 11.2 Å². The minimum Gasteiger partial charge on any atom is -0.459 e. The van der Waals surface area contributed by atoms with Gasteiger partial charge in [-0.3, -0.25) is 4.79 Å². The maximum atomic E-state index is 12.3. The standard InChI is InChI=1S/C18H23N3O2S/c1-12-2-5-16(23-12)18-20-14(11-24-18)10-17(22)19-13-6-8-21(9-7-13)15-3-4-15/h2,5,11,13,15H,3-4,6-10H2,1H3,(H,19,22). The first-order valence-corrected chi connectivity index (χ1v) is 9.60. The molecule has 128 valence electrons. The first-order valence-electron chi connectivity index (χ1n) is 8.72. The molecule has 1 aliphatic heterocycles. The molecule has 1 saturated carbocycles. The van der Waals surface area contributed by atoms with E-state index < -0.39 is 0 Å². The Bertz CT molecular complexity index is 711. The Hall–Kier alpha value is -1.66. The molecular weight excluding hydrogens is 322 g/mol. The van der Waals surface area contributed by atoms with Crippen LogP contribution < -0.4 is 5.32 Å². The van der Waals surface area contributed by atoms with E-state index >= 15 is 0 Å². The molecule has 0 aromatic carbocycles. The fourth-order valence-electron chi connectivity index (χ4n) is 3.34. The fraction of sp³-hybridized carbons (Fsp3) is 0.556. The Kier molecular flexibility index (Phi) is 4.41. The van der Waals surface area contributed by atoms with Crippen LogP contribution in [0.1, 0.15) is 37.1 Å². The van der Waals surface area contributed by atoms with E-state index in [2.05, 4.69) is 15.2 Å². The van der Waals surface area contributed by atoms with E-state index in [9.17, 15) is 4.79 Å². The summed E-state index contributed by atoms with van der Waals surface area (Å²) >= 11 is 1.52. The van der Waals surface area contributed by atoms with Gasteiger partial charge in [0.2, 0.25) is 5.91 Å². The van der Waals surface area contributed by atoms with E-state index in [1.165, 1.54) is 24.2 Å². The largest absolute Gasteiger partial charge is 0.459 e. The van der Waals surface area contributed by atoms with Gasteiger partial charge >= 0.3 is 0 Å². The number of piperidine rings is 1. The molecule has 3 heterocycles. The van der Waals surface area contributed by atoms with Crippen LogP contribution in [-0.4, -0.2) is 41.0 Å². The van der Waals surface area contributed by atoms with Crippen LogP contribution in [0.5, 0.6) is 0 Å². The summed E-state index contributed by atoms with van der Waals surface area (Å²) in [5.41, 5.74) is 0.817. The number of likely N-dealkylation sites (tertiary alicyclic amines) is 1. The topological polar surface area (TPSA) is 58.4 Å². The van der Waals surface area contributed by atoms with Crippen LogP contribution in [0.4, 0.5) is 0 Å². The summed E-state index contributed by atoms with van der Waals surface area (Å²) in [4.78, 5) is 19.4. The first kappa shape index (κ1) is 15.8. The van der Waals surface area contributed by atoms with Gasteiger partial charge in [0, 0.05) is 30.6 Å². The summed E-state index contributed by atoms with van der Waals surface area (Å²) < 4.78 is 5.59. The molecule has 1 saturated heterocycles. The van der Waals surface area contributed by atoms with Gasteiger partial charge in [0.1, 0.15) is 5.76 Å². The second-order valence-corrected chi connectivity index (χ2v) is 7.70. The molecule has 2 aromatic heterocycles. The van der Waals surface area contributed by atoms with Crippen LogP contribution in [0.3, 0.4) is 0 Å². The van der Waals surface area contributed by atoms with Gasteiger partial charge in [-0.15, -0.1) is 11.3 Å². The molecule has 2 aromatic rings. The van der Waals surface area contributed by atoms with Crippen LogP contribution >= 0.6 is 11.3 Å². The molecule has 0 bridgehead atoms. The monoisotopic (exact) mass is 345 g/mol. The molecule has 0 spiro atoms. The summed E-state index contributed by atoms with van der Waals surface area (Å²) in [6.45, 7) is 4.16. The van der Waals surface area contributed by atoms with Gasteiger partial charge in [0.25, 0.3) is 0 Å². The van der Waals surface area contributed by atoms with Crippen molar-refractivity contribution in [3.05, 3.63) is 29.0 Å². The Labute approximate surface area is 146 Å². The van der Waals surface area contributed by atoms with Crippen molar-refractivity contribution in [1.82, 2.24) is 15.2 Å². The Morgan fingerprint density at radius 2 is 2.12 bits per heavy atom. The highest BCUT2D eigenvalue weighted by molar-refractivity contribution is 7.13. The number of nitrogens with zero attached hydrogens (tertiary/aromatic N) is 2. The molecule has 1 amide bonds. The number of thiazole rings is 1. The van der Waals surface area contributed by atoms with Gasteiger partial charge in [-0.05, 0) is 44.7 Å². The van der Waals surface area contributed by atoms with Crippen LogP contribution in [0, 0.1) is 6.92 Å². The SMILES string of the molecule is Cc1ccc(-c2nc(CC(=O)NC3CCN(C4CC4)CC3)cs2)o1. The Balaban J connectivity index is 1.28. The molecule has 1 aliphatic carbocycles. The number of furan rings is 1. The predicted molar refractivity (Wildman–Crippen MR) is 94.0 cm³/mol. The van der Waals surface area contributed by atoms with Gasteiger partial charge in [-0.1, -0.05) is 0 Å². The number of hydrogen-bond donors (Lipinski definition) is 1. The number of aromatic nitrogens is 1. The fourth-order valence-corrected chi connectivity index (χ4v) is 4.12. The molecule has 24 heavy (non-hydrogen) atoms. The van der Waals surface area contributed by atoms with E-state index in [4.69, 9.17) is 4.42 Å². The molecule has 2 fully saturated rings. The number of hydrogen-bond acceptors (Lipinski definition) is 5. The lowest BCUT2D eigenvalue weighted by Crippen LogP contribution is -2.45. The summed E-state index contributed by atoms with van der Waals surface area (Å²) in [5.74, 6) is 1.72. The van der Waals surface area contributed by atoms with Crippen molar-refractivity contribution in [2.45, 2.75) is 51.1 Å². The molecule has 4 rings (SSSR count). The number of carbonyl (C=O) groups excluding carboxylic acids is 1. The number of aryl methyl sites for hydroxylation is 1. The van der Waals surface area contributed by atoms with Gasteiger partial charge in [-0.25, -0.2) is 4.98 Å². The van der Waals surface area contributed by atoms with Crippen molar-refractivity contribution in [2.75, 3.05) is 13.1 Å². The third kappa shape index (κ3) is 3.70. The minimum absolute atomic E-state index is 0.0762. The average Bonchev–Trinajstić information content (AvgIpc) is 3.17. The second kappa shape index (κ2) is 6.69. The zero-order valence-electron chi connectivity index (χ0n) is 14.0. The van der Waals surface area contributed by atoms with Crippen molar-refractivity contribution < 1.29 is 9.21 Å². The maximum absolute atomic E-state index is 12.3. The molecular formula is C18H23N3O2S. The molecule has 1 N–H and O–H groups in total. The van der Waals surface area contributed by atoms with Gasteiger partial charge in [0.05, 0.1) is 12.1 Å². The van der Waals surface area contributed by atoms with Gasteiger partial charge in [0.15, 0.2) is 10.8 Å². The average molecular weight is 345 g/mol. The van der Waals surface area contributed by atoms with Crippen LogP contribution in [0.15, 0.2) is 21.9 Å². The highest BCUT2D eigenvalue weighted by Gasteiger charge is 2.32. The predicted octanol–water partition coefficient (Wildman–Crippen LogP) is 3.00. The Morgan fingerprint density at radius 3 is 2.79 bits per heavy atom. The number of carbonyl (C=O) groups is 1. The van der Waals surface area contributed by atoms with Crippen LogP contribution in [0.2, 0.25) is 0 Å². The normalized spacial score (nSPS) is 19.5. The Morgan fingerprint density at radius 1 is 1.33 bits per heavy atom. The third-order valence-electron chi connectivity index (χ3n) is 4.80. The number of nitrogens with one attached hydrogen (secondary N) is 1. The highest BCUT2D eigenvalue weighted by atomic mass is 32.1. The lowest BCUT2D eigenvalue weighted by atomic mass is 10.0. The van der Waals surface area contributed by atoms with Crippen molar-refractivity contribution in [2.24, 2.45) is 0 Å². The quantitative estimate of drug-likeness (QED) is 0.905. The molecule has 5 nitrogen and oxygen atoms in total. The zero-order valence-corrected chi connectivity index (χ0v) is 14.8. The molecule has 0 atom stereocenters. The smallest absolute Gasteiger partial charge is 0.226 e. The summed E-state index contributed by atoms with van der Waals surface area (Å²) in [6, 6.07) is 5.00. The van der Waals surface area contributed by atoms with Gasteiger partial charge in [-0.2, -0.15) is 0 Å². The van der Waals surface area contributed by atoms with Crippen molar-refractivity contribution >= 4 is 17.2 Å². The van der Waals surface area contributed by atoms with Crippen molar-refractivity contribution in [3.8, 4) is 10.8 Å². The molecule has 0 unspecified atom stereocenters. The second-order valence-electron chi connectivity index (χ2n) is 6.84. The summed E-state index contributed by atoms with van der Waals surface area (Å²) in [5, 5.41) is 5.96. The van der Waals surface area contributed by atoms with E-state index in [-0.39, 0.29) is 5.91 Å². The van der Waals surface area contributed by atoms with E-state index in [1.54, 1.807) is 0 Å². The van der Waals surface area contributed by atoms with Crippen molar-refractivity contribution in [3.63, 3.8) is 0 Å². The lowest BCUT2D eigenvalue weighted by molar-refractivity contribution is -0.121. The molecule has 6 heteroatoms. The first-order chi connectivity index (χ1) is 11.7. The highest BCUT2D eigenvalue weighted by Crippen LogP contribution is 2.29. The number of rotatable bonds is 5. The maximum Gasteiger partial charge on any atom is 0.226 e. The van der Waals surface area contributed by atoms with Crippen molar-refractivity contribution in [1.29, 1.82) is 0 Å². The minimum atomic E-state index is 0.0762. The lowest BCUT2D eigenvalue weighted by Gasteiger charge is -2.32. The van der Waals surface area contributed by atoms with Crippen LogP contribution in [0.25, 0.3) is 10.8 Å². The summed E-state index contributed by atoms with van der Waals surface area (Å²) in [7, 11) is 0. The van der Waals surface area contributed by atoms with E-state index in [0.29, 0.717) is 12.5 Å². The summed E-state index contributed by atoms with van der Waals surface area (Å²) in [6.07, 6.45) is 5.20. The van der Waals surface area contributed by atoms with Gasteiger partial charge < -0.3 is 14.6 Å². The van der Waals surface area contributed by atoms with E-state index in [0.717, 1.165) is 54.2 Å². The van der Waals surface area contributed by atoms with E-state index in [1.807, 2.05) is 24.4 Å². The number of amides is 1. The molecule has 2 aliphatic rings. The zero-order chi connectivity index (χ0) is 16.5. The molecule has 0 radical (unpaired) electrons.